The maximum atomic E-state index is 10.8. The van der Waals surface area contributed by atoms with E-state index in [4.69, 9.17) is 5.73 Å². The number of amides is 1. The summed E-state index contributed by atoms with van der Waals surface area (Å²) in [5.41, 5.74) is 5.19. The monoisotopic (exact) mass is 213 g/mol. The molecule has 1 unspecified atom stereocenters. The zero-order chi connectivity index (χ0) is 11.3. The van der Waals surface area contributed by atoms with E-state index in [9.17, 15) is 4.79 Å². The first-order valence-electron chi connectivity index (χ1n) is 5.84. The fourth-order valence-corrected chi connectivity index (χ4v) is 2.23. The molecule has 0 aliphatic carbocycles. The molecular weight excluding hydrogens is 190 g/mol. The minimum atomic E-state index is -0.192. The van der Waals surface area contributed by atoms with Gasteiger partial charge in [0.05, 0.1) is 0 Å². The van der Waals surface area contributed by atoms with Crippen LogP contribution in [0.4, 0.5) is 0 Å². The molecule has 0 aromatic heterocycles. The summed E-state index contributed by atoms with van der Waals surface area (Å²) < 4.78 is 0. The third kappa shape index (κ3) is 4.18. The Hall–Kier alpha value is -0.610. The highest BCUT2D eigenvalue weighted by Crippen LogP contribution is 2.11. The molecule has 1 aliphatic rings. The van der Waals surface area contributed by atoms with Gasteiger partial charge in [0, 0.05) is 25.6 Å². The second-order valence-electron chi connectivity index (χ2n) is 4.43. The van der Waals surface area contributed by atoms with Crippen molar-refractivity contribution < 1.29 is 4.79 Å². The van der Waals surface area contributed by atoms with E-state index in [1.165, 1.54) is 6.42 Å². The lowest BCUT2D eigenvalue weighted by molar-refractivity contribution is -0.118. The van der Waals surface area contributed by atoms with Crippen molar-refractivity contribution in [2.45, 2.75) is 32.2 Å². The minimum absolute atomic E-state index is 0.192. The van der Waals surface area contributed by atoms with Crippen molar-refractivity contribution in [2.24, 2.45) is 5.73 Å². The fraction of sp³-hybridized carbons (Fsp3) is 0.909. The summed E-state index contributed by atoms with van der Waals surface area (Å²) in [6.07, 6.45) is 2.81. The zero-order valence-corrected chi connectivity index (χ0v) is 9.91. The Kier molecular flexibility index (Phi) is 5.05. The Balaban J connectivity index is 2.47. The quantitative estimate of drug-likeness (QED) is 0.729. The van der Waals surface area contributed by atoms with Crippen molar-refractivity contribution in [1.82, 2.24) is 9.80 Å². The summed E-state index contributed by atoms with van der Waals surface area (Å²) in [6, 6.07) is 0.580. The zero-order valence-electron chi connectivity index (χ0n) is 9.91. The molecule has 1 aliphatic heterocycles. The predicted octanol–water partition coefficient (Wildman–Crippen LogP) is 0.278. The van der Waals surface area contributed by atoms with Crippen LogP contribution in [0.15, 0.2) is 0 Å². The molecule has 0 bridgehead atoms. The van der Waals surface area contributed by atoms with Gasteiger partial charge in [-0.25, -0.2) is 0 Å². The van der Waals surface area contributed by atoms with Crippen molar-refractivity contribution in [1.29, 1.82) is 0 Å². The van der Waals surface area contributed by atoms with Crippen LogP contribution in [0.5, 0.6) is 0 Å². The Morgan fingerprint density at radius 2 is 2.20 bits per heavy atom. The number of rotatable bonds is 4. The number of nitrogens with two attached hydrogens (primary N) is 1. The normalized spacial score (nSPS) is 25.1. The van der Waals surface area contributed by atoms with Gasteiger partial charge in [-0.05, 0) is 33.0 Å². The first-order chi connectivity index (χ1) is 7.13. The van der Waals surface area contributed by atoms with E-state index in [1.54, 1.807) is 0 Å². The summed E-state index contributed by atoms with van der Waals surface area (Å²) in [7, 11) is 2.17. The largest absolute Gasteiger partial charge is 0.370 e. The van der Waals surface area contributed by atoms with Crippen molar-refractivity contribution in [3.8, 4) is 0 Å². The van der Waals surface area contributed by atoms with Gasteiger partial charge in [-0.15, -0.1) is 0 Å². The summed E-state index contributed by atoms with van der Waals surface area (Å²) >= 11 is 0. The number of carbonyl (C=O) groups is 1. The van der Waals surface area contributed by atoms with Crippen LogP contribution in [0.1, 0.15) is 26.2 Å². The number of nitrogens with zero attached hydrogens (tertiary/aromatic N) is 2. The molecule has 1 fully saturated rings. The molecule has 1 saturated heterocycles. The molecule has 1 atom stereocenters. The molecule has 1 rings (SSSR count). The molecule has 1 heterocycles. The Morgan fingerprint density at radius 3 is 2.80 bits per heavy atom. The lowest BCUT2D eigenvalue weighted by atomic mass is 10.1. The molecule has 0 radical (unpaired) electrons. The van der Waals surface area contributed by atoms with E-state index in [1.807, 2.05) is 0 Å². The Bertz CT molecular complexity index is 208. The molecule has 4 nitrogen and oxygen atoms in total. The second kappa shape index (κ2) is 6.08. The van der Waals surface area contributed by atoms with Crippen molar-refractivity contribution >= 4 is 5.91 Å². The van der Waals surface area contributed by atoms with Crippen LogP contribution in [-0.4, -0.2) is 55.0 Å². The van der Waals surface area contributed by atoms with Crippen LogP contribution < -0.4 is 5.73 Å². The Morgan fingerprint density at radius 1 is 1.47 bits per heavy atom. The van der Waals surface area contributed by atoms with Crippen molar-refractivity contribution in [2.75, 3.05) is 33.2 Å². The third-order valence-electron chi connectivity index (χ3n) is 3.14. The first-order valence-corrected chi connectivity index (χ1v) is 5.84. The van der Waals surface area contributed by atoms with E-state index >= 15 is 0 Å². The van der Waals surface area contributed by atoms with Gasteiger partial charge in [-0.3, -0.25) is 9.69 Å². The molecule has 15 heavy (non-hydrogen) atoms. The van der Waals surface area contributed by atoms with Gasteiger partial charge in [-0.2, -0.15) is 0 Å². The van der Waals surface area contributed by atoms with E-state index in [0.717, 1.165) is 32.6 Å². The van der Waals surface area contributed by atoms with Crippen LogP contribution in [-0.2, 0) is 4.79 Å². The van der Waals surface area contributed by atoms with Gasteiger partial charge in [0.2, 0.25) is 5.91 Å². The second-order valence-corrected chi connectivity index (χ2v) is 4.43. The van der Waals surface area contributed by atoms with Crippen LogP contribution in [0.2, 0.25) is 0 Å². The average Bonchev–Trinajstić information content (AvgIpc) is 2.36. The molecule has 1 amide bonds. The van der Waals surface area contributed by atoms with Crippen molar-refractivity contribution in [3.05, 3.63) is 0 Å². The fourth-order valence-electron chi connectivity index (χ4n) is 2.23. The van der Waals surface area contributed by atoms with Gasteiger partial charge < -0.3 is 10.6 Å². The molecule has 0 aromatic carbocycles. The number of primary amides is 1. The highest BCUT2D eigenvalue weighted by Gasteiger charge is 2.21. The number of hydrogen-bond acceptors (Lipinski definition) is 3. The Labute approximate surface area is 92.4 Å². The standard InChI is InChI=1S/C11H23N3O/c1-3-10-9-13(2)6-4-7-14(10)8-5-11(12)15/h10H,3-9H2,1-2H3,(H2,12,15). The number of hydrogen-bond donors (Lipinski definition) is 1. The third-order valence-corrected chi connectivity index (χ3v) is 3.14. The first kappa shape index (κ1) is 12.5. The number of carbonyl (C=O) groups excluding carboxylic acids is 1. The lowest BCUT2D eigenvalue weighted by Gasteiger charge is -2.29. The molecular formula is C11H23N3O. The summed E-state index contributed by atoms with van der Waals surface area (Å²) in [5.74, 6) is -0.192. The van der Waals surface area contributed by atoms with Crippen LogP contribution in [0.3, 0.4) is 0 Å². The minimum Gasteiger partial charge on any atom is -0.370 e. The van der Waals surface area contributed by atoms with Crippen LogP contribution >= 0.6 is 0 Å². The lowest BCUT2D eigenvalue weighted by Crippen LogP contribution is -2.41. The van der Waals surface area contributed by atoms with Crippen molar-refractivity contribution in [3.63, 3.8) is 0 Å². The molecule has 0 saturated carbocycles. The SMILES string of the molecule is CCC1CN(C)CCCN1CCC(N)=O. The van der Waals surface area contributed by atoms with Gasteiger partial charge >= 0.3 is 0 Å². The molecule has 0 aromatic rings. The molecule has 4 heteroatoms. The molecule has 88 valence electrons. The summed E-state index contributed by atoms with van der Waals surface area (Å²) in [5, 5.41) is 0. The van der Waals surface area contributed by atoms with E-state index in [0.29, 0.717) is 12.5 Å². The van der Waals surface area contributed by atoms with Gasteiger partial charge in [0.25, 0.3) is 0 Å². The topological polar surface area (TPSA) is 49.6 Å². The highest BCUT2D eigenvalue weighted by molar-refractivity contribution is 5.73. The summed E-state index contributed by atoms with van der Waals surface area (Å²) in [4.78, 5) is 15.6. The van der Waals surface area contributed by atoms with Gasteiger partial charge in [0.1, 0.15) is 0 Å². The van der Waals surface area contributed by atoms with Crippen LogP contribution in [0.25, 0.3) is 0 Å². The van der Waals surface area contributed by atoms with Gasteiger partial charge in [-0.1, -0.05) is 6.92 Å². The highest BCUT2D eigenvalue weighted by atomic mass is 16.1. The molecule has 2 N–H and O–H groups in total. The predicted molar refractivity (Wildman–Crippen MR) is 61.6 cm³/mol. The number of likely N-dealkylation sites (N-methyl/N-ethyl adjacent to an activating group) is 1. The maximum Gasteiger partial charge on any atom is 0.218 e. The maximum absolute atomic E-state index is 10.8. The van der Waals surface area contributed by atoms with E-state index < -0.39 is 0 Å². The smallest absolute Gasteiger partial charge is 0.218 e. The summed E-state index contributed by atoms with van der Waals surface area (Å²) in [6.45, 7) is 6.39. The van der Waals surface area contributed by atoms with Crippen LogP contribution in [0, 0.1) is 0 Å². The van der Waals surface area contributed by atoms with E-state index in [-0.39, 0.29) is 5.91 Å². The van der Waals surface area contributed by atoms with Gasteiger partial charge in [0.15, 0.2) is 0 Å². The van der Waals surface area contributed by atoms with E-state index in [2.05, 4.69) is 23.8 Å². The average molecular weight is 213 g/mol. The molecule has 0 spiro atoms.